The normalized spacial score (nSPS) is 32.0. The Morgan fingerprint density at radius 3 is 2.17 bits per heavy atom. The molecule has 2 aliphatic rings. The summed E-state index contributed by atoms with van der Waals surface area (Å²) < 4.78 is 13.3. The summed E-state index contributed by atoms with van der Waals surface area (Å²) in [5, 5.41) is 0.706. The maximum atomic E-state index is 13.3. The van der Waals surface area contributed by atoms with Crippen molar-refractivity contribution < 1.29 is 4.39 Å². The number of aryl methyl sites for hydroxylation is 1. The average molecular weight is 334 g/mol. The molecule has 0 spiro atoms. The zero-order valence-electron chi connectivity index (χ0n) is 14.6. The molecule has 3 rings (SSSR count). The summed E-state index contributed by atoms with van der Waals surface area (Å²) in [5.74, 6) is 3.81. The van der Waals surface area contributed by atoms with E-state index in [1.807, 2.05) is 12.1 Å². The first-order valence-corrected chi connectivity index (χ1v) is 10.2. The van der Waals surface area contributed by atoms with E-state index < -0.39 is 0 Å². The Bertz CT molecular complexity index is 497. The molecule has 0 heterocycles. The van der Waals surface area contributed by atoms with Crippen LogP contribution in [0, 0.1) is 29.5 Å². The molecule has 0 aliphatic heterocycles. The number of benzene rings is 1. The highest BCUT2D eigenvalue weighted by molar-refractivity contribution is 7.27. The maximum absolute atomic E-state index is 13.3. The van der Waals surface area contributed by atoms with Gasteiger partial charge in [-0.15, -0.1) is 9.24 Å². The molecule has 2 fully saturated rings. The second-order valence-electron chi connectivity index (χ2n) is 8.20. The molecule has 128 valence electrons. The van der Waals surface area contributed by atoms with Crippen molar-refractivity contribution in [1.29, 1.82) is 0 Å². The minimum atomic E-state index is -0.110. The van der Waals surface area contributed by atoms with Crippen LogP contribution < -0.4 is 5.30 Å². The van der Waals surface area contributed by atoms with Crippen LogP contribution in [0.1, 0.15) is 70.3 Å². The smallest absolute Gasteiger partial charge is 0.130 e. The molecule has 0 radical (unpaired) electrons. The van der Waals surface area contributed by atoms with Gasteiger partial charge in [-0.05, 0) is 79.9 Å². The first-order valence-electron chi connectivity index (χ1n) is 9.65. The van der Waals surface area contributed by atoms with Crippen LogP contribution in [0.25, 0.3) is 0 Å². The molecule has 1 aromatic carbocycles. The van der Waals surface area contributed by atoms with Gasteiger partial charge in [-0.3, -0.25) is 0 Å². The van der Waals surface area contributed by atoms with Crippen molar-refractivity contribution in [1.82, 2.24) is 0 Å². The van der Waals surface area contributed by atoms with E-state index in [9.17, 15) is 4.39 Å². The van der Waals surface area contributed by atoms with Gasteiger partial charge in [-0.25, -0.2) is 4.39 Å². The number of rotatable bonds is 4. The molecule has 0 amide bonds. The van der Waals surface area contributed by atoms with Crippen LogP contribution in [-0.2, 0) is 6.42 Å². The summed E-state index contributed by atoms with van der Waals surface area (Å²) in [6, 6.07) is 5.56. The molecule has 0 saturated heterocycles. The fourth-order valence-electron chi connectivity index (χ4n) is 4.83. The minimum Gasteiger partial charge on any atom is -0.206 e. The lowest BCUT2D eigenvalue weighted by Gasteiger charge is -2.37. The lowest BCUT2D eigenvalue weighted by atomic mass is 9.69. The second kappa shape index (κ2) is 8.11. The van der Waals surface area contributed by atoms with Gasteiger partial charge in [0.05, 0.1) is 0 Å². The molecule has 0 N–H and O–H groups in total. The van der Waals surface area contributed by atoms with Gasteiger partial charge in [-0.2, -0.15) is 0 Å². The van der Waals surface area contributed by atoms with Crippen molar-refractivity contribution in [3.8, 4) is 0 Å². The third kappa shape index (κ3) is 4.79. The van der Waals surface area contributed by atoms with Crippen LogP contribution in [-0.4, -0.2) is 0 Å². The van der Waals surface area contributed by atoms with Gasteiger partial charge in [-0.1, -0.05) is 38.7 Å². The first-order chi connectivity index (χ1) is 11.1. The molecular formula is C21H32FP. The van der Waals surface area contributed by atoms with Gasteiger partial charge in [0.2, 0.25) is 0 Å². The third-order valence-electron chi connectivity index (χ3n) is 6.52. The number of halogens is 1. The topological polar surface area (TPSA) is 0 Å². The Labute approximate surface area is 143 Å². The number of hydrogen-bond acceptors (Lipinski definition) is 0. The SMILES string of the molecule is CC1CCC(C2CCC(CCc3ccc(F)c(P)c3)CC2)CC1. The van der Waals surface area contributed by atoms with E-state index in [-0.39, 0.29) is 5.82 Å². The lowest BCUT2D eigenvalue weighted by molar-refractivity contribution is 0.148. The molecule has 23 heavy (non-hydrogen) atoms. The summed E-state index contributed by atoms with van der Waals surface area (Å²) in [6.45, 7) is 2.42. The summed E-state index contributed by atoms with van der Waals surface area (Å²) in [6.07, 6.45) is 14.1. The van der Waals surface area contributed by atoms with E-state index in [4.69, 9.17) is 0 Å². The van der Waals surface area contributed by atoms with E-state index in [0.717, 1.165) is 30.1 Å². The molecule has 2 aliphatic carbocycles. The number of hydrogen-bond donors (Lipinski definition) is 0. The molecule has 0 nitrogen and oxygen atoms in total. The Morgan fingerprint density at radius 2 is 1.57 bits per heavy atom. The molecule has 1 unspecified atom stereocenters. The lowest BCUT2D eigenvalue weighted by Crippen LogP contribution is -2.25. The summed E-state index contributed by atoms with van der Waals surface area (Å²) in [7, 11) is 2.50. The molecule has 1 atom stereocenters. The summed E-state index contributed by atoms with van der Waals surface area (Å²) >= 11 is 0. The highest BCUT2D eigenvalue weighted by atomic mass is 31.0. The highest BCUT2D eigenvalue weighted by Crippen LogP contribution is 2.42. The predicted molar refractivity (Wildman–Crippen MR) is 101 cm³/mol. The van der Waals surface area contributed by atoms with Crippen LogP contribution >= 0.6 is 9.24 Å². The van der Waals surface area contributed by atoms with Gasteiger partial charge in [0.25, 0.3) is 0 Å². The Hall–Kier alpha value is -0.420. The maximum Gasteiger partial charge on any atom is 0.130 e. The van der Waals surface area contributed by atoms with Crippen molar-refractivity contribution in [3.05, 3.63) is 29.6 Å². The van der Waals surface area contributed by atoms with Gasteiger partial charge >= 0.3 is 0 Å². The van der Waals surface area contributed by atoms with Crippen molar-refractivity contribution in [3.63, 3.8) is 0 Å². The van der Waals surface area contributed by atoms with Gasteiger partial charge in [0.15, 0.2) is 0 Å². The molecular weight excluding hydrogens is 302 g/mol. The van der Waals surface area contributed by atoms with E-state index in [0.29, 0.717) is 5.30 Å². The Morgan fingerprint density at radius 1 is 0.957 bits per heavy atom. The van der Waals surface area contributed by atoms with E-state index in [2.05, 4.69) is 16.2 Å². The van der Waals surface area contributed by atoms with E-state index >= 15 is 0 Å². The van der Waals surface area contributed by atoms with Crippen LogP contribution in [0.5, 0.6) is 0 Å². The zero-order chi connectivity index (χ0) is 16.2. The van der Waals surface area contributed by atoms with Crippen LogP contribution in [0.3, 0.4) is 0 Å². The summed E-state index contributed by atoms with van der Waals surface area (Å²) in [5.41, 5.74) is 1.29. The van der Waals surface area contributed by atoms with Crippen LogP contribution in [0.15, 0.2) is 18.2 Å². The zero-order valence-corrected chi connectivity index (χ0v) is 15.7. The Balaban J connectivity index is 1.41. The van der Waals surface area contributed by atoms with Crippen molar-refractivity contribution >= 4 is 14.5 Å². The standard InChI is InChI=1S/C21H32FP/c1-15-2-9-18(10-3-15)19-11-6-16(7-12-19)4-5-17-8-13-20(22)21(23)14-17/h8,13-16,18-19H,2-7,9-12,23H2,1H3. The fraction of sp³-hybridized carbons (Fsp3) is 0.714. The minimum absolute atomic E-state index is 0.110. The fourth-order valence-corrected chi connectivity index (χ4v) is 5.14. The van der Waals surface area contributed by atoms with Crippen molar-refractivity contribution in [2.24, 2.45) is 23.7 Å². The highest BCUT2D eigenvalue weighted by Gasteiger charge is 2.29. The molecule has 2 heteroatoms. The van der Waals surface area contributed by atoms with Crippen LogP contribution in [0.2, 0.25) is 0 Å². The van der Waals surface area contributed by atoms with Crippen molar-refractivity contribution in [2.45, 2.75) is 71.1 Å². The quantitative estimate of drug-likeness (QED) is 0.602. The Kier molecular flexibility index (Phi) is 6.13. The largest absolute Gasteiger partial charge is 0.206 e. The molecule has 2 saturated carbocycles. The first kappa shape index (κ1) is 17.4. The van der Waals surface area contributed by atoms with Crippen LogP contribution in [0.4, 0.5) is 4.39 Å². The predicted octanol–water partition coefficient (Wildman–Crippen LogP) is 5.89. The van der Waals surface area contributed by atoms with E-state index in [1.165, 1.54) is 63.4 Å². The second-order valence-corrected chi connectivity index (χ2v) is 8.82. The monoisotopic (exact) mass is 334 g/mol. The van der Waals surface area contributed by atoms with Gasteiger partial charge in [0, 0.05) is 5.30 Å². The summed E-state index contributed by atoms with van der Waals surface area (Å²) in [4.78, 5) is 0. The van der Waals surface area contributed by atoms with Gasteiger partial charge < -0.3 is 0 Å². The average Bonchev–Trinajstić information content (AvgIpc) is 2.57. The van der Waals surface area contributed by atoms with Gasteiger partial charge in [0.1, 0.15) is 5.82 Å². The molecule has 0 aromatic heterocycles. The van der Waals surface area contributed by atoms with Crippen molar-refractivity contribution in [2.75, 3.05) is 0 Å². The third-order valence-corrected chi connectivity index (χ3v) is 6.96. The molecule has 0 bridgehead atoms. The van der Waals surface area contributed by atoms with E-state index in [1.54, 1.807) is 6.07 Å². The molecule has 1 aromatic rings.